The van der Waals surface area contributed by atoms with Gasteiger partial charge in [0.1, 0.15) is 24.1 Å². The summed E-state index contributed by atoms with van der Waals surface area (Å²) in [6.45, 7) is -0.888. The second kappa shape index (κ2) is 4.84. The molecule has 11 heteroatoms. The molecule has 0 unspecified atom stereocenters. The van der Waals surface area contributed by atoms with Crippen molar-refractivity contribution in [3.05, 3.63) is 12.7 Å². The Hall–Kier alpha value is -2.34. The number of aliphatic hydroxyl groups is 3. The summed E-state index contributed by atoms with van der Waals surface area (Å²) in [5, 5.41) is 29.6. The number of fused-ring (bicyclic) bond motifs is 1. The van der Waals surface area contributed by atoms with Crippen molar-refractivity contribution in [3.63, 3.8) is 0 Å². The number of rotatable bonds is 3. The summed E-state index contributed by atoms with van der Waals surface area (Å²) in [4.78, 5) is 23.3. The highest BCUT2D eigenvalue weighted by Gasteiger charge is 2.58. The second-order valence-electron chi connectivity index (χ2n) is 4.94. The standard InChI is InChI=1S/C11H14N6O5/c12-7-4-8(15-2-14-7)17(3-16-4)9-5(19)6(20)11(1-18,22-9)10(13)21/h2-3,5-6,9,18-20H,1H2,(H2,13,21)(H2,12,14,15)/t5-,6+,9-,11-/m1/s1. The molecule has 118 valence electrons. The number of carbonyl (C=O) groups excluding carboxylic acids is 1. The molecule has 1 saturated heterocycles. The van der Waals surface area contributed by atoms with Crippen LogP contribution >= 0.6 is 0 Å². The van der Waals surface area contributed by atoms with Crippen LogP contribution in [0.5, 0.6) is 0 Å². The molecule has 4 atom stereocenters. The SMILES string of the molecule is NC(=O)[C@]1(CO)O[C@@H](n2cnc3c(N)ncnc32)[C@H](O)[C@@H]1O. The molecule has 0 spiro atoms. The molecule has 2 aromatic heterocycles. The molecule has 1 aliphatic rings. The highest BCUT2D eigenvalue weighted by molar-refractivity contribution is 5.85. The number of anilines is 1. The molecule has 0 aliphatic carbocycles. The van der Waals surface area contributed by atoms with Crippen LogP contribution in [0.25, 0.3) is 11.2 Å². The van der Waals surface area contributed by atoms with Crippen molar-refractivity contribution in [3.8, 4) is 0 Å². The molecule has 22 heavy (non-hydrogen) atoms. The van der Waals surface area contributed by atoms with Gasteiger partial charge >= 0.3 is 0 Å². The lowest BCUT2D eigenvalue weighted by Crippen LogP contribution is -2.56. The summed E-state index contributed by atoms with van der Waals surface area (Å²) in [6.07, 6.45) is -2.01. The van der Waals surface area contributed by atoms with Crippen molar-refractivity contribution < 1.29 is 24.9 Å². The van der Waals surface area contributed by atoms with E-state index in [0.717, 1.165) is 0 Å². The summed E-state index contributed by atoms with van der Waals surface area (Å²) < 4.78 is 6.65. The third-order valence-corrected chi connectivity index (χ3v) is 3.74. The van der Waals surface area contributed by atoms with E-state index in [1.165, 1.54) is 17.2 Å². The second-order valence-corrected chi connectivity index (χ2v) is 4.94. The van der Waals surface area contributed by atoms with Crippen LogP contribution in [0, 0.1) is 0 Å². The molecule has 0 radical (unpaired) electrons. The Morgan fingerprint density at radius 3 is 2.73 bits per heavy atom. The van der Waals surface area contributed by atoms with Crippen LogP contribution in [0.15, 0.2) is 12.7 Å². The van der Waals surface area contributed by atoms with Gasteiger partial charge in [0.05, 0.1) is 12.9 Å². The van der Waals surface area contributed by atoms with Gasteiger partial charge in [-0.2, -0.15) is 0 Å². The van der Waals surface area contributed by atoms with Crippen molar-refractivity contribution in [2.24, 2.45) is 5.73 Å². The molecule has 11 nitrogen and oxygen atoms in total. The minimum Gasteiger partial charge on any atom is -0.393 e. The Kier molecular flexibility index (Phi) is 3.21. The zero-order chi connectivity index (χ0) is 16.1. The number of amides is 1. The maximum atomic E-state index is 11.5. The monoisotopic (exact) mass is 310 g/mol. The Morgan fingerprint density at radius 2 is 2.14 bits per heavy atom. The van der Waals surface area contributed by atoms with Crippen LogP contribution in [-0.4, -0.2) is 65.2 Å². The molecule has 0 saturated carbocycles. The first-order chi connectivity index (χ1) is 10.4. The molecule has 1 fully saturated rings. The maximum absolute atomic E-state index is 11.5. The summed E-state index contributed by atoms with van der Waals surface area (Å²) >= 11 is 0. The lowest BCUT2D eigenvalue weighted by atomic mass is 9.95. The Balaban J connectivity index is 2.08. The number of aromatic nitrogens is 4. The summed E-state index contributed by atoms with van der Waals surface area (Å²) in [5.74, 6) is -0.970. The summed E-state index contributed by atoms with van der Waals surface area (Å²) in [5.41, 5.74) is 9.24. The minimum atomic E-state index is -2.11. The number of ether oxygens (including phenoxy) is 1. The zero-order valence-corrected chi connectivity index (χ0v) is 11.2. The number of hydrogen-bond acceptors (Lipinski definition) is 9. The normalized spacial score (nSPS) is 31.7. The lowest BCUT2D eigenvalue weighted by Gasteiger charge is -2.25. The van der Waals surface area contributed by atoms with Gasteiger partial charge in [-0.15, -0.1) is 0 Å². The van der Waals surface area contributed by atoms with E-state index in [1.54, 1.807) is 0 Å². The molecule has 7 N–H and O–H groups in total. The van der Waals surface area contributed by atoms with Crippen LogP contribution in [0.4, 0.5) is 5.82 Å². The van der Waals surface area contributed by atoms with Gasteiger partial charge in [0.2, 0.25) is 0 Å². The van der Waals surface area contributed by atoms with E-state index in [0.29, 0.717) is 0 Å². The first-order valence-electron chi connectivity index (χ1n) is 6.30. The van der Waals surface area contributed by atoms with Crippen molar-refractivity contribution >= 4 is 22.9 Å². The molecule has 1 aliphatic heterocycles. The van der Waals surface area contributed by atoms with Gasteiger partial charge < -0.3 is 31.5 Å². The number of carbonyl (C=O) groups is 1. The number of primary amides is 1. The molecule has 1 amide bonds. The lowest BCUT2D eigenvalue weighted by molar-refractivity contribution is -0.163. The number of nitrogen functional groups attached to an aromatic ring is 1. The average molecular weight is 310 g/mol. The fourth-order valence-corrected chi connectivity index (χ4v) is 2.48. The van der Waals surface area contributed by atoms with E-state index in [4.69, 9.17) is 16.2 Å². The summed E-state index contributed by atoms with van der Waals surface area (Å²) in [7, 11) is 0. The smallest absolute Gasteiger partial charge is 0.255 e. The average Bonchev–Trinajstić information content (AvgIpc) is 3.02. The fraction of sp³-hybridized carbons (Fsp3) is 0.455. The van der Waals surface area contributed by atoms with Crippen LogP contribution in [0.3, 0.4) is 0 Å². The van der Waals surface area contributed by atoms with Gasteiger partial charge in [-0.25, -0.2) is 15.0 Å². The van der Waals surface area contributed by atoms with E-state index in [-0.39, 0.29) is 17.0 Å². The molecule has 3 rings (SSSR count). The Morgan fingerprint density at radius 1 is 1.41 bits per heavy atom. The van der Waals surface area contributed by atoms with Crippen LogP contribution in [-0.2, 0) is 9.53 Å². The van der Waals surface area contributed by atoms with Crippen LogP contribution < -0.4 is 11.5 Å². The van der Waals surface area contributed by atoms with Gasteiger partial charge in [-0.1, -0.05) is 0 Å². The number of imidazole rings is 1. The van der Waals surface area contributed by atoms with E-state index in [1.807, 2.05) is 0 Å². The van der Waals surface area contributed by atoms with E-state index >= 15 is 0 Å². The van der Waals surface area contributed by atoms with Crippen molar-refractivity contribution in [1.29, 1.82) is 0 Å². The number of aliphatic hydroxyl groups excluding tert-OH is 3. The third kappa shape index (κ3) is 1.77. The number of hydrogen-bond donors (Lipinski definition) is 5. The van der Waals surface area contributed by atoms with Gasteiger partial charge in [0.15, 0.2) is 23.3 Å². The Bertz CT molecular complexity index is 735. The van der Waals surface area contributed by atoms with Gasteiger partial charge in [0, 0.05) is 0 Å². The van der Waals surface area contributed by atoms with Crippen molar-refractivity contribution in [2.45, 2.75) is 24.0 Å². The topological polar surface area (TPSA) is 183 Å². The number of nitrogens with zero attached hydrogens (tertiary/aromatic N) is 4. The van der Waals surface area contributed by atoms with Crippen LogP contribution in [0.1, 0.15) is 6.23 Å². The highest BCUT2D eigenvalue weighted by Crippen LogP contribution is 2.38. The van der Waals surface area contributed by atoms with Gasteiger partial charge in [-0.05, 0) is 0 Å². The quantitative estimate of drug-likeness (QED) is 0.391. The third-order valence-electron chi connectivity index (χ3n) is 3.74. The highest BCUT2D eigenvalue weighted by atomic mass is 16.6. The summed E-state index contributed by atoms with van der Waals surface area (Å²) in [6, 6.07) is 0. The van der Waals surface area contributed by atoms with Crippen LogP contribution in [0.2, 0.25) is 0 Å². The first kappa shape index (κ1) is 14.6. The molecule has 0 bridgehead atoms. The van der Waals surface area contributed by atoms with Crippen molar-refractivity contribution in [2.75, 3.05) is 12.3 Å². The molecule has 0 aromatic carbocycles. The molecule has 3 heterocycles. The fourth-order valence-electron chi connectivity index (χ4n) is 2.48. The molecule has 2 aromatic rings. The first-order valence-corrected chi connectivity index (χ1v) is 6.30. The van der Waals surface area contributed by atoms with E-state index < -0.39 is 36.6 Å². The minimum absolute atomic E-state index is 0.125. The Labute approximate surface area is 123 Å². The zero-order valence-electron chi connectivity index (χ0n) is 11.2. The van der Waals surface area contributed by atoms with Gasteiger partial charge in [0.25, 0.3) is 5.91 Å². The van der Waals surface area contributed by atoms with Crippen molar-refractivity contribution in [1.82, 2.24) is 19.5 Å². The molecular formula is C11H14N6O5. The van der Waals surface area contributed by atoms with E-state index in [2.05, 4.69) is 15.0 Å². The number of nitrogens with two attached hydrogens (primary N) is 2. The molecular weight excluding hydrogens is 296 g/mol. The van der Waals surface area contributed by atoms with Gasteiger partial charge in [-0.3, -0.25) is 9.36 Å². The maximum Gasteiger partial charge on any atom is 0.255 e. The largest absolute Gasteiger partial charge is 0.393 e. The predicted molar refractivity (Wildman–Crippen MR) is 70.9 cm³/mol. The van der Waals surface area contributed by atoms with E-state index in [9.17, 15) is 20.1 Å². The predicted octanol–water partition coefficient (Wildman–Crippen LogP) is -3.12.